The third-order valence-electron chi connectivity index (χ3n) is 6.99. The molecule has 3 aromatic carbocycles. The fraction of sp³-hybridized carbons (Fsp3) is 0.379. The predicted molar refractivity (Wildman–Crippen MR) is 142 cm³/mol. The molecule has 9 heteroatoms. The van der Waals surface area contributed by atoms with Gasteiger partial charge < -0.3 is 14.2 Å². The van der Waals surface area contributed by atoms with Gasteiger partial charge in [0.1, 0.15) is 23.1 Å². The number of hydrogen-bond donors (Lipinski definition) is 0. The van der Waals surface area contributed by atoms with Gasteiger partial charge in [-0.1, -0.05) is 54.6 Å². The quantitative estimate of drug-likeness (QED) is 0.432. The van der Waals surface area contributed by atoms with E-state index >= 15 is 0 Å². The van der Waals surface area contributed by atoms with E-state index in [1.807, 2.05) is 54.6 Å². The van der Waals surface area contributed by atoms with E-state index in [-0.39, 0.29) is 30.4 Å². The molecule has 0 amide bonds. The second-order valence-electron chi connectivity index (χ2n) is 9.57. The standard InChI is InChI=1S/C29H33FN2O5S/c30-26-10-11-28(37-17-14-31-12-15-35-16-13-31)29(19-26)38(33,34)32-20-24-8-4-5-9-25(24)21-36-22-27(32)18-23-6-2-1-3-7-23/h1-11,19,27H,12-18,20-22H2. The Morgan fingerprint density at radius 2 is 1.66 bits per heavy atom. The average Bonchev–Trinajstić information content (AvgIpc) is 2.92. The highest BCUT2D eigenvalue weighted by atomic mass is 32.2. The van der Waals surface area contributed by atoms with E-state index in [1.165, 1.54) is 16.4 Å². The van der Waals surface area contributed by atoms with Gasteiger partial charge in [0.15, 0.2) is 0 Å². The van der Waals surface area contributed by atoms with Crippen LogP contribution in [0.2, 0.25) is 0 Å². The number of fused-ring (bicyclic) bond motifs is 1. The number of rotatable bonds is 8. The molecule has 2 heterocycles. The SMILES string of the molecule is O=S(=O)(c1cc(F)ccc1OCCN1CCOCC1)N1Cc2ccccc2COCC1Cc1ccccc1. The first kappa shape index (κ1) is 26.8. The summed E-state index contributed by atoms with van der Waals surface area (Å²) in [6.07, 6.45) is 0.463. The maximum atomic E-state index is 14.5. The lowest BCUT2D eigenvalue weighted by molar-refractivity contribution is 0.0320. The van der Waals surface area contributed by atoms with E-state index in [0.717, 1.165) is 35.8 Å². The van der Waals surface area contributed by atoms with Gasteiger partial charge >= 0.3 is 0 Å². The lowest BCUT2D eigenvalue weighted by Gasteiger charge is -2.34. The van der Waals surface area contributed by atoms with Crippen molar-refractivity contribution in [3.63, 3.8) is 0 Å². The summed E-state index contributed by atoms with van der Waals surface area (Å²) in [6.45, 7) is 4.61. The van der Waals surface area contributed by atoms with Crippen molar-refractivity contribution in [2.75, 3.05) is 46.1 Å². The first-order valence-electron chi connectivity index (χ1n) is 12.9. The van der Waals surface area contributed by atoms with Crippen LogP contribution in [0.25, 0.3) is 0 Å². The van der Waals surface area contributed by atoms with Crippen LogP contribution in [-0.4, -0.2) is 69.7 Å². The third kappa shape index (κ3) is 6.42. The van der Waals surface area contributed by atoms with Gasteiger partial charge in [-0.3, -0.25) is 4.90 Å². The predicted octanol–water partition coefficient (Wildman–Crippen LogP) is 3.87. The minimum atomic E-state index is -4.17. The van der Waals surface area contributed by atoms with Crippen molar-refractivity contribution in [1.82, 2.24) is 9.21 Å². The van der Waals surface area contributed by atoms with Gasteiger partial charge in [0.25, 0.3) is 0 Å². The molecule has 0 aromatic heterocycles. The molecule has 38 heavy (non-hydrogen) atoms. The molecule has 1 saturated heterocycles. The van der Waals surface area contributed by atoms with E-state index in [4.69, 9.17) is 14.2 Å². The van der Waals surface area contributed by atoms with Crippen LogP contribution in [-0.2, 0) is 39.1 Å². The number of halogens is 1. The Hall–Kier alpha value is -2.82. The smallest absolute Gasteiger partial charge is 0.247 e. The molecule has 0 radical (unpaired) electrons. The van der Waals surface area contributed by atoms with Crippen LogP contribution in [0.4, 0.5) is 4.39 Å². The van der Waals surface area contributed by atoms with Crippen molar-refractivity contribution in [3.05, 3.63) is 95.3 Å². The van der Waals surface area contributed by atoms with E-state index in [9.17, 15) is 12.8 Å². The molecular formula is C29H33FN2O5S. The van der Waals surface area contributed by atoms with Crippen molar-refractivity contribution >= 4 is 10.0 Å². The fourth-order valence-electron chi connectivity index (χ4n) is 4.90. The number of morpholine rings is 1. The first-order valence-corrected chi connectivity index (χ1v) is 14.4. The van der Waals surface area contributed by atoms with Gasteiger partial charge in [0, 0.05) is 26.2 Å². The minimum absolute atomic E-state index is 0.148. The van der Waals surface area contributed by atoms with Crippen LogP contribution >= 0.6 is 0 Å². The molecule has 202 valence electrons. The zero-order chi connectivity index (χ0) is 26.4. The molecule has 5 rings (SSSR count). The molecule has 2 aliphatic heterocycles. The van der Waals surface area contributed by atoms with Gasteiger partial charge in [-0.05, 0) is 41.3 Å². The third-order valence-corrected chi connectivity index (χ3v) is 8.91. The Kier molecular flexibility index (Phi) is 8.71. The maximum absolute atomic E-state index is 14.5. The number of benzene rings is 3. The second kappa shape index (κ2) is 12.4. The van der Waals surface area contributed by atoms with E-state index < -0.39 is 21.9 Å². The molecule has 2 aliphatic rings. The molecular weight excluding hydrogens is 507 g/mol. The van der Waals surface area contributed by atoms with Crippen molar-refractivity contribution in [1.29, 1.82) is 0 Å². The average molecular weight is 541 g/mol. The Labute approximate surface area is 223 Å². The zero-order valence-corrected chi connectivity index (χ0v) is 22.1. The fourth-order valence-corrected chi connectivity index (χ4v) is 6.64. The molecule has 7 nitrogen and oxygen atoms in total. The summed E-state index contributed by atoms with van der Waals surface area (Å²) in [7, 11) is -4.17. The summed E-state index contributed by atoms with van der Waals surface area (Å²) in [4.78, 5) is 2.03. The van der Waals surface area contributed by atoms with Gasteiger partial charge in [-0.2, -0.15) is 4.31 Å². The van der Waals surface area contributed by atoms with Crippen molar-refractivity contribution in [2.24, 2.45) is 0 Å². The summed E-state index contributed by atoms with van der Waals surface area (Å²) >= 11 is 0. The second-order valence-corrected chi connectivity index (χ2v) is 11.4. The molecule has 1 atom stereocenters. The van der Waals surface area contributed by atoms with Crippen LogP contribution in [0, 0.1) is 5.82 Å². The molecule has 0 saturated carbocycles. The summed E-state index contributed by atoms with van der Waals surface area (Å²) in [6, 6.07) is 20.6. The first-order chi connectivity index (χ1) is 18.5. The summed E-state index contributed by atoms with van der Waals surface area (Å²) in [5.74, 6) is -0.484. The molecule has 0 aliphatic carbocycles. The van der Waals surface area contributed by atoms with Crippen LogP contribution in [0.15, 0.2) is 77.7 Å². The van der Waals surface area contributed by atoms with Crippen LogP contribution < -0.4 is 4.74 Å². The Morgan fingerprint density at radius 3 is 2.45 bits per heavy atom. The lowest BCUT2D eigenvalue weighted by atomic mass is 10.0. The van der Waals surface area contributed by atoms with Crippen molar-refractivity contribution in [3.8, 4) is 5.75 Å². The number of sulfonamides is 1. The highest BCUT2D eigenvalue weighted by molar-refractivity contribution is 7.89. The number of nitrogens with zero attached hydrogens (tertiary/aromatic N) is 2. The van der Waals surface area contributed by atoms with Gasteiger partial charge in [-0.15, -0.1) is 0 Å². The molecule has 3 aromatic rings. The van der Waals surface area contributed by atoms with E-state index in [0.29, 0.717) is 32.8 Å². The highest BCUT2D eigenvalue weighted by Gasteiger charge is 2.36. The largest absolute Gasteiger partial charge is 0.491 e. The van der Waals surface area contributed by atoms with Gasteiger partial charge in [-0.25, -0.2) is 12.8 Å². The number of hydrogen-bond acceptors (Lipinski definition) is 6. The Bertz CT molecular complexity index is 1320. The van der Waals surface area contributed by atoms with E-state index in [2.05, 4.69) is 4.90 Å². The molecule has 1 fully saturated rings. The topological polar surface area (TPSA) is 68.3 Å². The molecule has 0 N–H and O–H groups in total. The van der Waals surface area contributed by atoms with Crippen LogP contribution in [0.5, 0.6) is 5.75 Å². The monoisotopic (exact) mass is 540 g/mol. The molecule has 1 unspecified atom stereocenters. The van der Waals surface area contributed by atoms with Crippen LogP contribution in [0.1, 0.15) is 16.7 Å². The minimum Gasteiger partial charge on any atom is -0.491 e. The van der Waals surface area contributed by atoms with Crippen molar-refractivity contribution < 1.29 is 27.0 Å². The van der Waals surface area contributed by atoms with Gasteiger partial charge in [0.05, 0.1) is 32.5 Å². The number of ether oxygens (including phenoxy) is 3. The summed E-state index contributed by atoms with van der Waals surface area (Å²) < 4.78 is 61.9. The highest BCUT2D eigenvalue weighted by Crippen LogP contribution is 2.32. The van der Waals surface area contributed by atoms with Crippen molar-refractivity contribution in [2.45, 2.75) is 30.5 Å². The Balaban J connectivity index is 1.46. The zero-order valence-electron chi connectivity index (χ0n) is 21.3. The lowest BCUT2D eigenvalue weighted by Crippen LogP contribution is -2.45. The van der Waals surface area contributed by atoms with Gasteiger partial charge in [0.2, 0.25) is 10.0 Å². The Morgan fingerprint density at radius 1 is 0.921 bits per heavy atom. The van der Waals surface area contributed by atoms with E-state index in [1.54, 1.807) is 0 Å². The normalized spacial score (nSPS) is 19.3. The van der Waals surface area contributed by atoms with Crippen LogP contribution in [0.3, 0.4) is 0 Å². The summed E-state index contributed by atoms with van der Waals surface area (Å²) in [5, 5.41) is 0. The summed E-state index contributed by atoms with van der Waals surface area (Å²) in [5.41, 5.74) is 2.79. The maximum Gasteiger partial charge on any atom is 0.247 e. The molecule has 0 bridgehead atoms. The molecule has 0 spiro atoms.